The Morgan fingerprint density at radius 2 is 2.00 bits per heavy atom. The molecule has 1 saturated heterocycles. The Morgan fingerprint density at radius 1 is 1.25 bits per heavy atom. The molecule has 1 heterocycles. The average molecular weight is 276 g/mol. The average Bonchev–Trinajstić information content (AvgIpc) is 3.30. The maximum Gasteiger partial charge on any atom is 0.269 e. The number of benzene rings is 1. The van der Waals surface area contributed by atoms with Crippen molar-refractivity contribution in [1.82, 2.24) is 5.32 Å². The second-order valence-corrected chi connectivity index (χ2v) is 5.76. The molecule has 1 N–H and O–H groups in total. The number of nitro groups is 1. The maximum atomic E-state index is 10.9. The molecule has 2 aliphatic rings. The second-order valence-electron chi connectivity index (χ2n) is 5.76. The molecule has 2 fully saturated rings. The number of ether oxygens (including phenoxy) is 1. The van der Waals surface area contributed by atoms with Crippen LogP contribution in [0.2, 0.25) is 0 Å². The lowest BCUT2D eigenvalue weighted by molar-refractivity contribution is -0.384. The lowest BCUT2D eigenvalue weighted by atomic mass is 9.99. The van der Waals surface area contributed by atoms with Gasteiger partial charge in [0.2, 0.25) is 0 Å². The van der Waals surface area contributed by atoms with E-state index in [0.29, 0.717) is 11.8 Å². The number of piperidine rings is 1. The summed E-state index contributed by atoms with van der Waals surface area (Å²) in [5.74, 6) is 1.90. The number of nitro benzene ring substituents is 1. The molecule has 1 aliphatic heterocycles. The van der Waals surface area contributed by atoms with E-state index in [4.69, 9.17) is 4.74 Å². The van der Waals surface area contributed by atoms with Crippen molar-refractivity contribution in [2.45, 2.75) is 31.6 Å². The third-order valence-electron chi connectivity index (χ3n) is 4.15. The molecular weight excluding hydrogens is 256 g/mol. The highest BCUT2D eigenvalue weighted by Crippen LogP contribution is 2.45. The van der Waals surface area contributed by atoms with Gasteiger partial charge in [-0.1, -0.05) is 0 Å². The van der Waals surface area contributed by atoms with Crippen molar-refractivity contribution in [2.24, 2.45) is 5.92 Å². The van der Waals surface area contributed by atoms with E-state index in [-0.39, 0.29) is 10.6 Å². The van der Waals surface area contributed by atoms with E-state index in [9.17, 15) is 10.1 Å². The smallest absolute Gasteiger partial charge is 0.269 e. The molecule has 0 radical (unpaired) electrons. The maximum absolute atomic E-state index is 10.9. The number of hydrogen-bond donors (Lipinski definition) is 1. The molecule has 0 amide bonds. The third-order valence-corrected chi connectivity index (χ3v) is 4.15. The van der Waals surface area contributed by atoms with Crippen molar-refractivity contribution in [3.63, 3.8) is 0 Å². The minimum Gasteiger partial charge on any atom is -0.493 e. The molecule has 108 valence electrons. The largest absolute Gasteiger partial charge is 0.493 e. The van der Waals surface area contributed by atoms with Gasteiger partial charge in [-0.3, -0.25) is 10.1 Å². The summed E-state index contributed by atoms with van der Waals surface area (Å²) in [6.45, 7) is 2.84. The molecule has 0 unspecified atom stereocenters. The van der Waals surface area contributed by atoms with E-state index in [1.165, 1.54) is 0 Å². The third kappa shape index (κ3) is 3.10. The molecule has 0 atom stereocenters. The normalized spacial score (nSPS) is 19.8. The first-order chi connectivity index (χ1) is 9.74. The van der Waals surface area contributed by atoms with Gasteiger partial charge in [0, 0.05) is 17.7 Å². The highest BCUT2D eigenvalue weighted by atomic mass is 16.6. The van der Waals surface area contributed by atoms with Gasteiger partial charge in [0.15, 0.2) is 0 Å². The summed E-state index contributed by atoms with van der Waals surface area (Å²) >= 11 is 0. The Labute approximate surface area is 118 Å². The van der Waals surface area contributed by atoms with Crippen LogP contribution in [0.5, 0.6) is 5.75 Å². The van der Waals surface area contributed by atoms with Crippen LogP contribution in [-0.4, -0.2) is 24.6 Å². The lowest BCUT2D eigenvalue weighted by Gasteiger charge is -2.23. The number of rotatable bonds is 5. The first-order valence-electron chi connectivity index (χ1n) is 7.36. The van der Waals surface area contributed by atoms with Gasteiger partial charge < -0.3 is 10.1 Å². The fourth-order valence-corrected chi connectivity index (χ4v) is 2.75. The van der Waals surface area contributed by atoms with Crippen LogP contribution in [-0.2, 0) is 0 Å². The Morgan fingerprint density at radius 3 is 2.65 bits per heavy atom. The highest BCUT2D eigenvalue weighted by Gasteiger charge is 2.29. The van der Waals surface area contributed by atoms with Gasteiger partial charge in [-0.25, -0.2) is 0 Å². The van der Waals surface area contributed by atoms with Crippen molar-refractivity contribution in [3.8, 4) is 5.75 Å². The van der Waals surface area contributed by atoms with Gasteiger partial charge in [0.1, 0.15) is 5.75 Å². The summed E-state index contributed by atoms with van der Waals surface area (Å²) in [6.07, 6.45) is 4.52. The summed E-state index contributed by atoms with van der Waals surface area (Å²) < 4.78 is 5.96. The van der Waals surface area contributed by atoms with Crippen LogP contribution in [0.25, 0.3) is 0 Å². The van der Waals surface area contributed by atoms with Gasteiger partial charge in [-0.15, -0.1) is 0 Å². The van der Waals surface area contributed by atoms with Crippen LogP contribution in [0.3, 0.4) is 0 Å². The number of nitrogens with one attached hydrogen (secondary N) is 1. The molecule has 0 aromatic heterocycles. The molecule has 1 aliphatic carbocycles. The number of hydrogen-bond acceptors (Lipinski definition) is 4. The summed E-state index contributed by atoms with van der Waals surface area (Å²) in [7, 11) is 0. The summed E-state index contributed by atoms with van der Waals surface area (Å²) in [6, 6.07) is 5.01. The van der Waals surface area contributed by atoms with Gasteiger partial charge in [0.05, 0.1) is 11.5 Å². The van der Waals surface area contributed by atoms with E-state index in [1.807, 2.05) is 0 Å². The van der Waals surface area contributed by atoms with E-state index < -0.39 is 0 Å². The van der Waals surface area contributed by atoms with Gasteiger partial charge in [0.25, 0.3) is 5.69 Å². The van der Waals surface area contributed by atoms with Gasteiger partial charge in [-0.05, 0) is 56.7 Å². The SMILES string of the molecule is O=[N+]([O-])c1ccc(OCC2CCNCC2)c(C2CC2)c1. The van der Waals surface area contributed by atoms with Crippen LogP contribution in [0.15, 0.2) is 18.2 Å². The van der Waals surface area contributed by atoms with Crippen LogP contribution in [0.4, 0.5) is 5.69 Å². The van der Waals surface area contributed by atoms with Crippen LogP contribution in [0.1, 0.15) is 37.2 Å². The van der Waals surface area contributed by atoms with Gasteiger partial charge >= 0.3 is 0 Å². The van der Waals surface area contributed by atoms with Crippen LogP contribution >= 0.6 is 0 Å². The summed E-state index contributed by atoms with van der Waals surface area (Å²) in [5.41, 5.74) is 1.19. The van der Waals surface area contributed by atoms with Crippen molar-refractivity contribution in [2.75, 3.05) is 19.7 Å². The highest BCUT2D eigenvalue weighted by molar-refractivity contribution is 5.47. The van der Waals surface area contributed by atoms with Crippen LogP contribution in [0, 0.1) is 16.0 Å². The van der Waals surface area contributed by atoms with E-state index >= 15 is 0 Å². The van der Waals surface area contributed by atoms with Crippen molar-refractivity contribution in [3.05, 3.63) is 33.9 Å². The molecule has 3 rings (SSSR count). The quantitative estimate of drug-likeness (QED) is 0.663. The van der Waals surface area contributed by atoms with Gasteiger partial charge in [-0.2, -0.15) is 0 Å². The fraction of sp³-hybridized carbons (Fsp3) is 0.600. The molecule has 5 nitrogen and oxygen atoms in total. The van der Waals surface area contributed by atoms with E-state index in [1.54, 1.807) is 18.2 Å². The Balaban J connectivity index is 1.69. The van der Waals surface area contributed by atoms with Crippen molar-refractivity contribution in [1.29, 1.82) is 0 Å². The zero-order valence-electron chi connectivity index (χ0n) is 11.5. The number of nitrogens with zero attached hydrogens (tertiary/aromatic N) is 1. The molecule has 0 bridgehead atoms. The zero-order valence-corrected chi connectivity index (χ0v) is 11.5. The summed E-state index contributed by atoms with van der Waals surface area (Å²) in [4.78, 5) is 10.5. The zero-order chi connectivity index (χ0) is 13.9. The molecular formula is C15H20N2O3. The topological polar surface area (TPSA) is 64.4 Å². The molecule has 0 spiro atoms. The van der Waals surface area contributed by atoms with Crippen molar-refractivity contribution < 1.29 is 9.66 Å². The van der Waals surface area contributed by atoms with E-state index in [2.05, 4.69) is 5.32 Å². The van der Waals surface area contributed by atoms with Crippen molar-refractivity contribution >= 4 is 5.69 Å². The number of non-ortho nitro benzene ring substituents is 1. The monoisotopic (exact) mass is 276 g/mol. The Kier molecular flexibility index (Phi) is 3.87. The fourth-order valence-electron chi connectivity index (χ4n) is 2.75. The van der Waals surface area contributed by atoms with E-state index in [0.717, 1.165) is 56.7 Å². The first kappa shape index (κ1) is 13.4. The molecule has 1 saturated carbocycles. The molecule has 1 aromatic carbocycles. The first-order valence-corrected chi connectivity index (χ1v) is 7.36. The minimum atomic E-state index is -0.331. The standard InChI is InChI=1S/C15H20N2O3/c18-17(19)13-3-4-15(14(9-13)12-1-2-12)20-10-11-5-7-16-8-6-11/h3-4,9,11-12,16H,1-2,5-8,10H2. The minimum absolute atomic E-state index is 0.168. The van der Waals surface area contributed by atoms with Crippen LogP contribution < -0.4 is 10.1 Å². The predicted octanol–water partition coefficient (Wildman–Crippen LogP) is 2.85. The second kappa shape index (κ2) is 5.79. The molecule has 20 heavy (non-hydrogen) atoms. The predicted molar refractivity (Wildman–Crippen MR) is 76.2 cm³/mol. The summed E-state index contributed by atoms with van der Waals surface area (Å²) in [5, 5.41) is 14.2. The Bertz CT molecular complexity index is 494. The molecule has 1 aromatic rings. The molecule has 5 heteroatoms. The Hall–Kier alpha value is -1.62. The lowest BCUT2D eigenvalue weighted by Crippen LogP contribution is -2.30.